The van der Waals surface area contributed by atoms with Crippen molar-refractivity contribution in [3.63, 3.8) is 0 Å². The third kappa shape index (κ3) is 5.03. The quantitative estimate of drug-likeness (QED) is 0.745. The number of esters is 1. The van der Waals surface area contributed by atoms with Gasteiger partial charge >= 0.3 is 5.97 Å². The molecule has 0 aliphatic heterocycles. The van der Waals surface area contributed by atoms with Gasteiger partial charge in [-0.1, -0.05) is 38.1 Å². The molecule has 17 heavy (non-hydrogen) atoms. The first-order chi connectivity index (χ1) is 7.78. The van der Waals surface area contributed by atoms with Crippen LogP contribution in [0.3, 0.4) is 0 Å². The molecular weight excluding hydrogens is 212 g/mol. The van der Waals surface area contributed by atoms with Crippen LogP contribution in [0.4, 0.5) is 0 Å². The summed E-state index contributed by atoms with van der Waals surface area (Å²) >= 11 is 0. The summed E-state index contributed by atoms with van der Waals surface area (Å²) < 4.78 is 5.28. The van der Waals surface area contributed by atoms with Crippen LogP contribution >= 0.6 is 0 Å². The molecule has 1 rings (SSSR count). The van der Waals surface area contributed by atoms with Gasteiger partial charge in [-0.25, -0.2) is 0 Å². The lowest BCUT2D eigenvalue weighted by molar-refractivity contribution is -0.153. The Bertz CT molecular complexity index is 369. The molecule has 0 aliphatic carbocycles. The van der Waals surface area contributed by atoms with Crippen molar-refractivity contribution in [2.24, 2.45) is 0 Å². The van der Waals surface area contributed by atoms with E-state index in [1.807, 2.05) is 32.9 Å². The molecule has 0 spiro atoms. The first-order valence-corrected chi connectivity index (χ1v) is 6.08. The Morgan fingerprint density at radius 2 is 1.71 bits per heavy atom. The highest BCUT2D eigenvalue weighted by Crippen LogP contribution is 2.16. The monoisotopic (exact) mass is 234 g/mol. The number of carbonyl (C=O) groups is 1. The fourth-order valence-electron chi connectivity index (χ4n) is 1.56. The van der Waals surface area contributed by atoms with E-state index in [1.165, 1.54) is 5.56 Å². The Labute approximate surface area is 104 Å². The fourth-order valence-corrected chi connectivity index (χ4v) is 1.56. The molecule has 0 saturated heterocycles. The molecule has 2 heteroatoms. The summed E-state index contributed by atoms with van der Waals surface area (Å²) in [6.07, 6.45) is 0.343. The first kappa shape index (κ1) is 13.8. The molecular formula is C15H22O2. The standard InChI is InChI=1S/C15H22O2/c1-11(2)13-8-6-12(7-9-13)10-14(16)17-15(3,4)5/h6-9,11H,10H2,1-5H3. The molecule has 0 unspecified atom stereocenters. The van der Waals surface area contributed by atoms with Gasteiger partial charge in [0.05, 0.1) is 6.42 Å². The third-order valence-corrected chi connectivity index (χ3v) is 2.41. The molecule has 0 heterocycles. The molecule has 0 saturated carbocycles. The molecule has 0 atom stereocenters. The predicted molar refractivity (Wildman–Crippen MR) is 70.1 cm³/mol. The van der Waals surface area contributed by atoms with Crippen LogP contribution in [0, 0.1) is 0 Å². The number of carbonyl (C=O) groups excluding carboxylic acids is 1. The molecule has 0 amide bonds. The molecule has 0 N–H and O–H groups in total. The van der Waals surface area contributed by atoms with Crippen molar-refractivity contribution < 1.29 is 9.53 Å². The van der Waals surface area contributed by atoms with Crippen molar-refractivity contribution in [1.82, 2.24) is 0 Å². The summed E-state index contributed by atoms with van der Waals surface area (Å²) in [7, 11) is 0. The van der Waals surface area contributed by atoms with Crippen LogP contribution < -0.4 is 0 Å². The maximum atomic E-state index is 11.6. The van der Waals surface area contributed by atoms with Gasteiger partial charge in [-0.3, -0.25) is 4.79 Å². The van der Waals surface area contributed by atoms with Crippen molar-refractivity contribution in [3.05, 3.63) is 35.4 Å². The lowest BCUT2D eigenvalue weighted by Crippen LogP contribution is -2.24. The van der Waals surface area contributed by atoms with E-state index in [9.17, 15) is 4.79 Å². The van der Waals surface area contributed by atoms with Crippen LogP contribution in [0.5, 0.6) is 0 Å². The van der Waals surface area contributed by atoms with Crippen LogP contribution in [0.25, 0.3) is 0 Å². The minimum atomic E-state index is -0.408. The maximum absolute atomic E-state index is 11.6. The molecule has 1 aromatic rings. The zero-order valence-electron chi connectivity index (χ0n) is 11.4. The molecule has 0 aliphatic rings. The second-order valence-electron chi connectivity index (χ2n) is 5.66. The Morgan fingerprint density at radius 3 is 2.12 bits per heavy atom. The van der Waals surface area contributed by atoms with Gasteiger partial charge in [-0.05, 0) is 37.8 Å². The second-order valence-corrected chi connectivity index (χ2v) is 5.66. The van der Waals surface area contributed by atoms with Gasteiger partial charge in [0.1, 0.15) is 5.60 Å². The summed E-state index contributed by atoms with van der Waals surface area (Å²) in [6, 6.07) is 8.15. The van der Waals surface area contributed by atoms with Gasteiger partial charge in [0.15, 0.2) is 0 Å². The summed E-state index contributed by atoms with van der Waals surface area (Å²) in [6.45, 7) is 9.96. The minimum absolute atomic E-state index is 0.171. The van der Waals surface area contributed by atoms with Gasteiger partial charge in [0.2, 0.25) is 0 Å². The van der Waals surface area contributed by atoms with E-state index in [-0.39, 0.29) is 5.97 Å². The minimum Gasteiger partial charge on any atom is -0.460 e. The van der Waals surface area contributed by atoms with Crippen LogP contribution in [-0.2, 0) is 16.0 Å². The van der Waals surface area contributed by atoms with Crippen LogP contribution in [-0.4, -0.2) is 11.6 Å². The largest absolute Gasteiger partial charge is 0.460 e. The van der Waals surface area contributed by atoms with Crippen molar-refractivity contribution in [3.8, 4) is 0 Å². The Kier molecular flexibility index (Phi) is 4.33. The summed E-state index contributed by atoms with van der Waals surface area (Å²) in [4.78, 5) is 11.6. The average molecular weight is 234 g/mol. The van der Waals surface area contributed by atoms with Gasteiger partial charge in [0.25, 0.3) is 0 Å². The summed E-state index contributed by atoms with van der Waals surface area (Å²) in [5, 5.41) is 0. The van der Waals surface area contributed by atoms with Crippen LogP contribution in [0.2, 0.25) is 0 Å². The molecule has 1 aromatic carbocycles. The van der Waals surface area contributed by atoms with E-state index in [1.54, 1.807) is 0 Å². The molecule has 0 bridgehead atoms. The molecule has 94 valence electrons. The first-order valence-electron chi connectivity index (χ1n) is 6.08. The van der Waals surface area contributed by atoms with Crippen LogP contribution in [0.1, 0.15) is 51.7 Å². The Balaban J connectivity index is 2.61. The topological polar surface area (TPSA) is 26.3 Å². The average Bonchev–Trinajstić information content (AvgIpc) is 2.15. The van der Waals surface area contributed by atoms with Gasteiger partial charge in [-0.15, -0.1) is 0 Å². The maximum Gasteiger partial charge on any atom is 0.310 e. The Morgan fingerprint density at radius 1 is 1.18 bits per heavy atom. The van der Waals surface area contributed by atoms with Crippen molar-refractivity contribution in [2.75, 3.05) is 0 Å². The number of ether oxygens (including phenoxy) is 1. The van der Waals surface area contributed by atoms with Gasteiger partial charge < -0.3 is 4.74 Å². The third-order valence-electron chi connectivity index (χ3n) is 2.41. The zero-order valence-corrected chi connectivity index (χ0v) is 11.4. The highest BCUT2D eigenvalue weighted by Gasteiger charge is 2.16. The number of hydrogen-bond donors (Lipinski definition) is 0. The van der Waals surface area contributed by atoms with Crippen molar-refractivity contribution in [2.45, 2.75) is 52.6 Å². The molecule has 2 nitrogen and oxygen atoms in total. The fraction of sp³-hybridized carbons (Fsp3) is 0.533. The Hall–Kier alpha value is -1.31. The number of hydrogen-bond acceptors (Lipinski definition) is 2. The lowest BCUT2D eigenvalue weighted by Gasteiger charge is -2.19. The molecule has 0 fully saturated rings. The second kappa shape index (κ2) is 5.35. The number of benzene rings is 1. The van der Waals surface area contributed by atoms with E-state index in [0.29, 0.717) is 12.3 Å². The van der Waals surface area contributed by atoms with E-state index >= 15 is 0 Å². The van der Waals surface area contributed by atoms with Crippen LogP contribution in [0.15, 0.2) is 24.3 Å². The number of rotatable bonds is 3. The zero-order chi connectivity index (χ0) is 13.1. The highest BCUT2D eigenvalue weighted by atomic mass is 16.6. The molecule has 0 aromatic heterocycles. The normalized spacial score (nSPS) is 11.6. The van der Waals surface area contributed by atoms with Gasteiger partial charge in [-0.2, -0.15) is 0 Å². The summed E-state index contributed by atoms with van der Waals surface area (Å²) in [5.41, 5.74) is 1.89. The highest BCUT2D eigenvalue weighted by molar-refractivity contribution is 5.73. The van der Waals surface area contributed by atoms with Crippen molar-refractivity contribution in [1.29, 1.82) is 0 Å². The lowest BCUT2D eigenvalue weighted by atomic mass is 10.0. The smallest absolute Gasteiger partial charge is 0.310 e. The predicted octanol–water partition coefficient (Wildman–Crippen LogP) is 3.69. The summed E-state index contributed by atoms with van der Waals surface area (Å²) in [5.74, 6) is 0.348. The molecule has 0 radical (unpaired) electrons. The van der Waals surface area contributed by atoms with Crippen molar-refractivity contribution >= 4 is 5.97 Å². The van der Waals surface area contributed by atoms with E-state index < -0.39 is 5.60 Å². The van der Waals surface area contributed by atoms with Gasteiger partial charge in [0, 0.05) is 0 Å². The van der Waals surface area contributed by atoms with E-state index in [0.717, 1.165) is 5.56 Å². The van der Waals surface area contributed by atoms with E-state index in [2.05, 4.69) is 26.0 Å². The SMILES string of the molecule is CC(C)c1ccc(CC(=O)OC(C)(C)C)cc1. The van der Waals surface area contributed by atoms with E-state index in [4.69, 9.17) is 4.74 Å².